The van der Waals surface area contributed by atoms with E-state index in [1.54, 1.807) is 0 Å². The lowest BCUT2D eigenvalue weighted by Gasteiger charge is -2.35. The van der Waals surface area contributed by atoms with Gasteiger partial charge in [-0.05, 0) is 31.0 Å². The van der Waals surface area contributed by atoms with E-state index in [9.17, 15) is 8.78 Å². The second-order valence-corrected chi connectivity index (χ2v) is 4.57. The second kappa shape index (κ2) is 5.73. The van der Waals surface area contributed by atoms with Crippen molar-refractivity contribution >= 4 is 0 Å². The Morgan fingerprint density at radius 3 is 2.89 bits per heavy atom. The number of hydrogen-bond acceptors (Lipinski definition) is 3. The van der Waals surface area contributed by atoms with Gasteiger partial charge in [-0.1, -0.05) is 0 Å². The van der Waals surface area contributed by atoms with Crippen molar-refractivity contribution < 1.29 is 18.3 Å². The molecule has 3 nitrogen and oxygen atoms in total. The van der Waals surface area contributed by atoms with E-state index < -0.39 is 17.2 Å². The average molecular weight is 257 g/mol. The third-order valence-electron chi connectivity index (χ3n) is 3.20. The van der Waals surface area contributed by atoms with Gasteiger partial charge >= 0.3 is 0 Å². The molecule has 0 amide bonds. The molecule has 0 aliphatic carbocycles. The topological polar surface area (TPSA) is 44.5 Å². The summed E-state index contributed by atoms with van der Waals surface area (Å²) in [6.07, 6.45) is 1.64. The predicted octanol–water partition coefficient (Wildman–Crippen LogP) is 1.99. The molecule has 2 N–H and O–H groups in total. The van der Waals surface area contributed by atoms with Crippen LogP contribution >= 0.6 is 0 Å². The van der Waals surface area contributed by atoms with Gasteiger partial charge in [-0.3, -0.25) is 0 Å². The molecule has 18 heavy (non-hydrogen) atoms. The van der Waals surface area contributed by atoms with Crippen LogP contribution in [0.1, 0.15) is 18.4 Å². The number of rotatable bonds is 4. The summed E-state index contributed by atoms with van der Waals surface area (Å²) in [5, 5.41) is 0. The first-order valence-electron chi connectivity index (χ1n) is 6.01. The Labute approximate surface area is 105 Å². The fourth-order valence-corrected chi connectivity index (χ4v) is 2.05. The minimum atomic E-state index is -0.572. The van der Waals surface area contributed by atoms with Gasteiger partial charge in [0.1, 0.15) is 17.2 Å². The highest BCUT2D eigenvalue weighted by molar-refractivity contribution is 5.18. The van der Waals surface area contributed by atoms with Crippen molar-refractivity contribution in [2.24, 2.45) is 5.73 Å². The molecule has 0 aromatic heterocycles. The van der Waals surface area contributed by atoms with Crippen LogP contribution in [0.2, 0.25) is 0 Å². The lowest BCUT2D eigenvalue weighted by molar-refractivity contribution is -0.130. The Balaban J connectivity index is 2.03. The Kier molecular flexibility index (Phi) is 4.27. The minimum Gasteiger partial charge on any atom is -0.378 e. The molecule has 0 spiro atoms. The van der Waals surface area contributed by atoms with Crippen LogP contribution in [0.5, 0.6) is 0 Å². The van der Waals surface area contributed by atoms with Crippen molar-refractivity contribution in [1.29, 1.82) is 0 Å². The normalized spacial score (nSPS) is 24.2. The molecule has 2 rings (SSSR count). The van der Waals surface area contributed by atoms with E-state index in [1.165, 1.54) is 0 Å². The number of hydrogen-bond donors (Lipinski definition) is 1. The molecule has 1 aliphatic rings. The molecule has 1 aliphatic heterocycles. The Morgan fingerprint density at radius 1 is 1.39 bits per heavy atom. The van der Waals surface area contributed by atoms with Crippen molar-refractivity contribution in [2.75, 3.05) is 19.8 Å². The number of benzene rings is 1. The zero-order chi connectivity index (χ0) is 13.0. The van der Waals surface area contributed by atoms with Crippen LogP contribution in [0, 0.1) is 11.6 Å². The SMILES string of the molecule is NCC1(OCc2cc(F)ccc2F)CCCOC1. The standard InChI is InChI=1S/C13H17F2NO2/c14-11-2-3-12(15)10(6-11)7-18-13(8-16)4-1-5-17-9-13/h2-3,6H,1,4-5,7-9,16H2. The molecule has 0 bridgehead atoms. The van der Waals surface area contributed by atoms with Crippen LogP contribution in [0.3, 0.4) is 0 Å². The summed E-state index contributed by atoms with van der Waals surface area (Å²) in [5.74, 6) is -0.947. The lowest BCUT2D eigenvalue weighted by atomic mass is 9.96. The summed E-state index contributed by atoms with van der Waals surface area (Å²) in [5.41, 5.74) is 5.33. The highest BCUT2D eigenvalue weighted by Gasteiger charge is 2.32. The summed E-state index contributed by atoms with van der Waals surface area (Å²) in [6.45, 7) is 1.41. The summed E-state index contributed by atoms with van der Waals surface area (Å²) in [6, 6.07) is 3.32. The van der Waals surface area contributed by atoms with Crippen molar-refractivity contribution in [1.82, 2.24) is 0 Å². The highest BCUT2D eigenvalue weighted by Crippen LogP contribution is 2.24. The number of halogens is 2. The molecule has 1 aromatic carbocycles. The lowest BCUT2D eigenvalue weighted by Crippen LogP contribution is -2.47. The molecule has 1 fully saturated rings. The Bertz CT molecular complexity index is 406. The zero-order valence-electron chi connectivity index (χ0n) is 10.1. The molecule has 1 heterocycles. The molecule has 5 heteroatoms. The van der Waals surface area contributed by atoms with E-state index in [2.05, 4.69) is 0 Å². The zero-order valence-corrected chi connectivity index (χ0v) is 10.1. The maximum atomic E-state index is 13.4. The van der Waals surface area contributed by atoms with E-state index in [0.717, 1.165) is 31.0 Å². The second-order valence-electron chi connectivity index (χ2n) is 4.57. The number of nitrogens with two attached hydrogens (primary N) is 1. The molecule has 0 radical (unpaired) electrons. The molecule has 1 atom stereocenters. The van der Waals surface area contributed by atoms with Gasteiger partial charge in [0.15, 0.2) is 0 Å². The van der Waals surface area contributed by atoms with Gasteiger partial charge in [0.25, 0.3) is 0 Å². The molecule has 1 aromatic rings. The van der Waals surface area contributed by atoms with Crippen molar-refractivity contribution in [3.05, 3.63) is 35.4 Å². The monoisotopic (exact) mass is 257 g/mol. The van der Waals surface area contributed by atoms with Crippen LogP contribution in [0.4, 0.5) is 8.78 Å². The third kappa shape index (κ3) is 3.04. The van der Waals surface area contributed by atoms with Gasteiger partial charge < -0.3 is 15.2 Å². The largest absolute Gasteiger partial charge is 0.378 e. The van der Waals surface area contributed by atoms with E-state index >= 15 is 0 Å². The molecular formula is C13H17F2NO2. The maximum Gasteiger partial charge on any atom is 0.128 e. The van der Waals surface area contributed by atoms with Crippen molar-refractivity contribution in [2.45, 2.75) is 25.0 Å². The van der Waals surface area contributed by atoms with Crippen molar-refractivity contribution in [3.63, 3.8) is 0 Å². The summed E-state index contributed by atoms with van der Waals surface area (Å²) < 4.78 is 37.5. The minimum absolute atomic E-state index is 0.00412. The average Bonchev–Trinajstić information content (AvgIpc) is 2.41. The molecule has 100 valence electrons. The number of ether oxygens (including phenoxy) is 2. The van der Waals surface area contributed by atoms with Crippen LogP contribution in [0.15, 0.2) is 18.2 Å². The summed E-state index contributed by atoms with van der Waals surface area (Å²) in [4.78, 5) is 0. The van der Waals surface area contributed by atoms with Gasteiger partial charge in [0.05, 0.1) is 13.2 Å². The summed E-state index contributed by atoms with van der Waals surface area (Å²) >= 11 is 0. The highest BCUT2D eigenvalue weighted by atomic mass is 19.1. The Morgan fingerprint density at radius 2 is 2.22 bits per heavy atom. The Hall–Kier alpha value is -1.04. The van der Waals surface area contributed by atoms with Crippen LogP contribution in [-0.2, 0) is 16.1 Å². The van der Waals surface area contributed by atoms with Crippen LogP contribution < -0.4 is 5.73 Å². The van der Waals surface area contributed by atoms with Crippen LogP contribution in [0.25, 0.3) is 0 Å². The van der Waals surface area contributed by atoms with Crippen LogP contribution in [-0.4, -0.2) is 25.4 Å². The molecule has 1 saturated heterocycles. The molecule has 0 saturated carbocycles. The third-order valence-corrected chi connectivity index (χ3v) is 3.20. The summed E-state index contributed by atoms with van der Waals surface area (Å²) in [7, 11) is 0. The van der Waals surface area contributed by atoms with E-state index in [1.807, 2.05) is 0 Å². The smallest absolute Gasteiger partial charge is 0.128 e. The van der Waals surface area contributed by atoms with E-state index in [0.29, 0.717) is 19.8 Å². The van der Waals surface area contributed by atoms with E-state index in [-0.39, 0.29) is 12.2 Å². The van der Waals surface area contributed by atoms with Gasteiger partial charge in [0.2, 0.25) is 0 Å². The van der Waals surface area contributed by atoms with E-state index in [4.69, 9.17) is 15.2 Å². The molecular weight excluding hydrogens is 240 g/mol. The fraction of sp³-hybridized carbons (Fsp3) is 0.538. The quantitative estimate of drug-likeness (QED) is 0.897. The first-order valence-corrected chi connectivity index (χ1v) is 6.01. The maximum absolute atomic E-state index is 13.4. The fourth-order valence-electron chi connectivity index (χ4n) is 2.05. The predicted molar refractivity (Wildman–Crippen MR) is 63.0 cm³/mol. The van der Waals surface area contributed by atoms with Gasteiger partial charge in [-0.25, -0.2) is 8.78 Å². The first-order chi connectivity index (χ1) is 8.65. The van der Waals surface area contributed by atoms with Crippen molar-refractivity contribution in [3.8, 4) is 0 Å². The molecule has 1 unspecified atom stereocenters. The van der Waals surface area contributed by atoms with Gasteiger partial charge in [0, 0.05) is 18.7 Å². The first kappa shape index (κ1) is 13.4. The van der Waals surface area contributed by atoms with Gasteiger partial charge in [-0.2, -0.15) is 0 Å². The van der Waals surface area contributed by atoms with Gasteiger partial charge in [-0.15, -0.1) is 0 Å².